The van der Waals surface area contributed by atoms with E-state index in [1.165, 1.54) is 7.05 Å². The van der Waals surface area contributed by atoms with Crippen LogP contribution < -0.4 is 10.2 Å². The highest BCUT2D eigenvalue weighted by Crippen LogP contribution is 2.32. The van der Waals surface area contributed by atoms with Gasteiger partial charge < -0.3 is 25.0 Å². The summed E-state index contributed by atoms with van der Waals surface area (Å²) in [4.78, 5) is 65.9. The Bertz CT molecular complexity index is 1040. The standard InChI is InChI=1S/C27H36N4O6/c1-28-24(33)5-3-21(17-32)31-26(36)22-4-2-20(15-23(22)27(31)37)30-12-8-19(9-13-30)16-29-10-6-18(7-11-29)14-25(34)35/h2,4,15,17-19,21H,3,5-14,16H2,1H3,(H,28,33)(H,34,35). The van der Waals surface area contributed by atoms with E-state index in [9.17, 15) is 24.0 Å². The Balaban J connectivity index is 1.32. The molecule has 10 heteroatoms. The van der Waals surface area contributed by atoms with Crippen LogP contribution in [0.5, 0.6) is 0 Å². The second-order valence-corrected chi connectivity index (χ2v) is 10.4. The van der Waals surface area contributed by atoms with Gasteiger partial charge in [-0.2, -0.15) is 0 Å². The first kappa shape index (κ1) is 26.8. The quantitative estimate of drug-likeness (QED) is 0.359. The van der Waals surface area contributed by atoms with Gasteiger partial charge in [0.25, 0.3) is 11.8 Å². The molecule has 1 aromatic rings. The van der Waals surface area contributed by atoms with E-state index in [1.54, 1.807) is 12.1 Å². The Morgan fingerprint density at radius 3 is 2.30 bits per heavy atom. The Hall–Kier alpha value is -3.27. The summed E-state index contributed by atoms with van der Waals surface area (Å²) < 4.78 is 0. The summed E-state index contributed by atoms with van der Waals surface area (Å²) in [5, 5.41) is 11.5. The Kier molecular flexibility index (Phi) is 8.58. The van der Waals surface area contributed by atoms with Crippen molar-refractivity contribution in [2.75, 3.05) is 44.7 Å². The number of nitrogens with one attached hydrogen (secondary N) is 1. The van der Waals surface area contributed by atoms with E-state index in [1.807, 2.05) is 6.07 Å². The average Bonchev–Trinajstić information content (AvgIpc) is 3.15. The lowest BCUT2D eigenvalue weighted by Gasteiger charge is -2.38. The number of carboxylic acids is 1. The van der Waals surface area contributed by atoms with Crippen LogP contribution in [0.1, 0.15) is 65.7 Å². The molecule has 0 aromatic heterocycles. The average molecular weight is 513 g/mol. The van der Waals surface area contributed by atoms with Crippen LogP contribution in [0.15, 0.2) is 18.2 Å². The van der Waals surface area contributed by atoms with Crippen molar-refractivity contribution in [2.45, 2.75) is 51.0 Å². The lowest BCUT2D eigenvalue weighted by molar-refractivity contribution is -0.138. The molecule has 3 heterocycles. The third kappa shape index (κ3) is 6.18. The van der Waals surface area contributed by atoms with E-state index in [-0.39, 0.29) is 25.2 Å². The SMILES string of the molecule is CNC(=O)CCC(C=O)N1C(=O)c2ccc(N3CCC(CN4CCC(CC(=O)O)CC4)CC3)cc2C1=O. The molecule has 0 aliphatic carbocycles. The van der Waals surface area contributed by atoms with Gasteiger partial charge in [0.2, 0.25) is 5.91 Å². The summed E-state index contributed by atoms with van der Waals surface area (Å²) in [6, 6.07) is 4.31. The smallest absolute Gasteiger partial charge is 0.303 e. The number of fused-ring (bicyclic) bond motifs is 1. The molecule has 10 nitrogen and oxygen atoms in total. The van der Waals surface area contributed by atoms with Crippen molar-refractivity contribution in [3.8, 4) is 0 Å². The number of aldehydes is 1. The van der Waals surface area contributed by atoms with Crippen LogP contribution in [0.3, 0.4) is 0 Å². The molecule has 3 aliphatic heterocycles. The third-order valence-electron chi connectivity index (χ3n) is 8.00. The molecular formula is C27H36N4O6. The van der Waals surface area contributed by atoms with Gasteiger partial charge in [0.1, 0.15) is 6.29 Å². The van der Waals surface area contributed by atoms with E-state index in [4.69, 9.17) is 5.11 Å². The number of piperidine rings is 2. The summed E-state index contributed by atoms with van der Waals surface area (Å²) in [5.74, 6) is -1.08. The van der Waals surface area contributed by atoms with Gasteiger partial charge in [-0.05, 0) is 75.2 Å². The van der Waals surface area contributed by atoms with Crippen molar-refractivity contribution in [1.82, 2.24) is 15.1 Å². The molecule has 2 fully saturated rings. The minimum atomic E-state index is -0.974. The predicted molar refractivity (Wildman–Crippen MR) is 136 cm³/mol. The van der Waals surface area contributed by atoms with Crippen LogP contribution in [-0.4, -0.2) is 90.7 Å². The number of aliphatic carboxylic acids is 1. The number of hydrogen-bond acceptors (Lipinski definition) is 7. The van der Waals surface area contributed by atoms with E-state index >= 15 is 0 Å². The van der Waals surface area contributed by atoms with Gasteiger partial charge in [-0.25, -0.2) is 0 Å². The van der Waals surface area contributed by atoms with E-state index in [2.05, 4.69) is 15.1 Å². The van der Waals surface area contributed by atoms with Gasteiger partial charge in [0, 0.05) is 45.2 Å². The topological polar surface area (TPSA) is 127 Å². The number of likely N-dealkylation sites (tertiary alicyclic amines) is 1. The first-order valence-electron chi connectivity index (χ1n) is 13.2. The van der Waals surface area contributed by atoms with E-state index < -0.39 is 23.8 Å². The van der Waals surface area contributed by atoms with Gasteiger partial charge in [-0.3, -0.25) is 24.1 Å². The second kappa shape index (κ2) is 11.9. The molecule has 0 spiro atoms. The van der Waals surface area contributed by atoms with Crippen LogP contribution in [0, 0.1) is 11.8 Å². The molecule has 2 N–H and O–H groups in total. The molecular weight excluding hydrogens is 476 g/mol. The Morgan fingerprint density at radius 2 is 1.68 bits per heavy atom. The summed E-state index contributed by atoms with van der Waals surface area (Å²) in [7, 11) is 1.50. The molecule has 200 valence electrons. The lowest BCUT2D eigenvalue weighted by Crippen LogP contribution is -2.42. The molecule has 3 aliphatic rings. The van der Waals surface area contributed by atoms with E-state index in [0.717, 1.165) is 69.0 Å². The third-order valence-corrected chi connectivity index (χ3v) is 8.00. The van der Waals surface area contributed by atoms with Gasteiger partial charge in [-0.1, -0.05) is 0 Å². The molecule has 1 aromatic carbocycles. The fraction of sp³-hybridized carbons (Fsp3) is 0.593. The highest BCUT2D eigenvalue weighted by Gasteiger charge is 2.40. The molecule has 3 amide bonds. The molecule has 37 heavy (non-hydrogen) atoms. The minimum absolute atomic E-state index is 0.0495. The first-order chi connectivity index (χ1) is 17.8. The normalized spacial score (nSPS) is 20.1. The molecule has 1 atom stereocenters. The van der Waals surface area contributed by atoms with E-state index in [0.29, 0.717) is 29.2 Å². The van der Waals surface area contributed by atoms with Crippen LogP contribution in [0.2, 0.25) is 0 Å². The largest absolute Gasteiger partial charge is 0.481 e. The number of carboxylic acid groups (broad SMARTS) is 1. The number of anilines is 1. The van der Waals surface area contributed by atoms with Crippen molar-refractivity contribution in [3.05, 3.63) is 29.3 Å². The predicted octanol–water partition coefficient (Wildman–Crippen LogP) is 1.78. The van der Waals surface area contributed by atoms with Gasteiger partial charge >= 0.3 is 5.97 Å². The van der Waals surface area contributed by atoms with Gasteiger partial charge in [0.05, 0.1) is 17.2 Å². The number of rotatable bonds is 10. The second-order valence-electron chi connectivity index (χ2n) is 10.4. The fourth-order valence-corrected chi connectivity index (χ4v) is 5.77. The number of nitrogens with zero attached hydrogens (tertiary/aromatic N) is 3. The zero-order valence-corrected chi connectivity index (χ0v) is 21.4. The highest BCUT2D eigenvalue weighted by molar-refractivity contribution is 6.22. The van der Waals surface area contributed by atoms with Crippen molar-refractivity contribution in [3.63, 3.8) is 0 Å². The zero-order valence-electron chi connectivity index (χ0n) is 21.4. The number of hydrogen-bond donors (Lipinski definition) is 2. The number of benzene rings is 1. The highest BCUT2D eigenvalue weighted by atomic mass is 16.4. The molecule has 0 radical (unpaired) electrons. The summed E-state index contributed by atoms with van der Waals surface area (Å²) in [5.41, 5.74) is 1.49. The summed E-state index contributed by atoms with van der Waals surface area (Å²) >= 11 is 0. The summed E-state index contributed by atoms with van der Waals surface area (Å²) in [6.45, 7) is 4.66. The van der Waals surface area contributed by atoms with Crippen molar-refractivity contribution in [2.24, 2.45) is 11.8 Å². The molecule has 0 bridgehead atoms. The van der Waals surface area contributed by atoms with Crippen LogP contribution in [-0.2, 0) is 14.4 Å². The number of carbonyl (C=O) groups excluding carboxylic acids is 4. The van der Waals surface area contributed by atoms with Crippen molar-refractivity contribution < 1.29 is 29.1 Å². The maximum absolute atomic E-state index is 13.1. The number of carbonyl (C=O) groups is 5. The molecule has 0 saturated carbocycles. The van der Waals surface area contributed by atoms with Crippen LogP contribution >= 0.6 is 0 Å². The maximum atomic E-state index is 13.1. The zero-order chi connectivity index (χ0) is 26.5. The van der Waals surface area contributed by atoms with Crippen molar-refractivity contribution in [1.29, 1.82) is 0 Å². The number of amides is 3. The van der Waals surface area contributed by atoms with Gasteiger partial charge in [0.15, 0.2) is 0 Å². The first-order valence-corrected chi connectivity index (χ1v) is 13.2. The maximum Gasteiger partial charge on any atom is 0.303 e. The monoisotopic (exact) mass is 512 g/mol. The van der Waals surface area contributed by atoms with Crippen LogP contribution in [0.4, 0.5) is 5.69 Å². The van der Waals surface area contributed by atoms with Crippen LogP contribution in [0.25, 0.3) is 0 Å². The van der Waals surface area contributed by atoms with Gasteiger partial charge in [-0.15, -0.1) is 0 Å². The minimum Gasteiger partial charge on any atom is -0.481 e. The lowest BCUT2D eigenvalue weighted by atomic mass is 9.91. The molecule has 1 unspecified atom stereocenters. The van der Waals surface area contributed by atoms with Crippen molar-refractivity contribution >= 4 is 35.7 Å². The summed E-state index contributed by atoms with van der Waals surface area (Å²) in [6.07, 6.45) is 4.91. The Morgan fingerprint density at radius 1 is 1.03 bits per heavy atom. The molecule has 2 saturated heterocycles. The molecule has 4 rings (SSSR count). The number of imide groups is 1. The fourth-order valence-electron chi connectivity index (χ4n) is 5.77. The Labute approximate surface area is 217 Å².